The van der Waals surface area contributed by atoms with Crippen molar-refractivity contribution in [3.8, 4) is 11.5 Å². The molecule has 1 saturated heterocycles. The molecule has 1 fully saturated rings. The van der Waals surface area contributed by atoms with E-state index in [1.165, 1.54) is 12.0 Å². The van der Waals surface area contributed by atoms with Crippen LogP contribution in [-0.4, -0.2) is 54.9 Å². The Balaban J connectivity index is 2.01. The smallest absolute Gasteiger partial charge is 0.291 e. The molecule has 0 bridgehead atoms. The van der Waals surface area contributed by atoms with E-state index in [-0.39, 0.29) is 13.2 Å². The molecule has 7 nitrogen and oxygen atoms in total. The number of amides is 1. The Hall–Kier alpha value is -3.19. The van der Waals surface area contributed by atoms with Gasteiger partial charge >= 0.3 is 0 Å². The molecule has 2 aromatic carbocycles. The number of hydrogen-bond donors (Lipinski definition) is 1. The van der Waals surface area contributed by atoms with Crippen molar-refractivity contribution in [3.05, 3.63) is 59.7 Å². The topological polar surface area (TPSA) is 93.1 Å². The fourth-order valence-corrected chi connectivity index (χ4v) is 3.58. The predicted molar refractivity (Wildman–Crippen MR) is 105 cm³/mol. The quantitative estimate of drug-likeness (QED) is 0.416. The SMILES string of the molecule is COc1ccc(C(=O)C2C(=O)C(=O)N(CCCO)C2c2ccc(OC)cc2)cc1. The van der Waals surface area contributed by atoms with E-state index in [1.54, 1.807) is 55.6 Å². The lowest BCUT2D eigenvalue weighted by Gasteiger charge is -2.27. The highest BCUT2D eigenvalue weighted by molar-refractivity contribution is 6.44. The molecular weight excluding hydrogens is 374 g/mol. The second kappa shape index (κ2) is 8.87. The fraction of sp³-hybridized carbons (Fsp3) is 0.318. The van der Waals surface area contributed by atoms with E-state index in [0.29, 0.717) is 29.0 Å². The van der Waals surface area contributed by atoms with Crippen LogP contribution in [0.25, 0.3) is 0 Å². The van der Waals surface area contributed by atoms with Gasteiger partial charge in [0.05, 0.1) is 20.3 Å². The van der Waals surface area contributed by atoms with E-state index in [9.17, 15) is 19.5 Å². The molecule has 1 heterocycles. The van der Waals surface area contributed by atoms with Crippen LogP contribution in [0, 0.1) is 5.92 Å². The Labute approximate surface area is 168 Å². The second-order valence-corrected chi connectivity index (χ2v) is 6.73. The number of ketones is 2. The van der Waals surface area contributed by atoms with Crippen LogP contribution in [-0.2, 0) is 9.59 Å². The van der Waals surface area contributed by atoms with Crippen molar-refractivity contribution in [2.75, 3.05) is 27.4 Å². The first-order valence-electron chi connectivity index (χ1n) is 9.29. The summed E-state index contributed by atoms with van der Waals surface area (Å²) in [5.74, 6) is -1.78. The average Bonchev–Trinajstić information content (AvgIpc) is 3.02. The zero-order valence-electron chi connectivity index (χ0n) is 16.3. The molecule has 29 heavy (non-hydrogen) atoms. The molecule has 0 radical (unpaired) electrons. The largest absolute Gasteiger partial charge is 0.497 e. The van der Waals surface area contributed by atoms with Gasteiger partial charge in [0, 0.05) is 18.7 Å². The lowest BCUT2D eigenvalue weighted by atomic mass is 9.86. The van der Waals surface area contributed by atoms with Crippen LogP contribution < -0.4 is 9.47 Å². The Bertz CT molecular complexity index is 891. The number of methoxy groups -OCH3 is 2. The van der Waals surface area contributed by atoms with Gasteiger partial charge in [-0.25, -0.2) is 0 Å². The molecule has 0 aliphatic carbocycles. The van der Waals surface area contributed by atoms with Crippen molar-refractivity contribution in [2.24, 2.45) is 5.92 Å². The number of aliphatic hydroxyl groups is 1. The molecule has 2 aromatic rings. The minimum Gasteiger partial charge on any atom is -0.497 e. The van der Waals surface area contributed by atoms with Gasteiger partial charge in [-0.05, 0) is 48.4 Å². The summed E-state index contributed by atoms with van der Waals surface area (Å²) in [6, 6.07) is 12.7. The van der Waals surface area contributed by atoms with E-state index in [0.717, 1.165) is 0 Å². The molecule has 0 saturated carbocycles. The first-order chi connectivity index (χ1) is 14.0. The summed E-state index contributed by atoms with van der Waals surface area (Å²) in [5.41, 5.74) is 0.995. The van der Waals surface area contributed by atoms with Gasteiger partial charge < -0.3 is 19.5 Å². The monoisotopic (exact) mass is 397 g/mol. The van der Waals surface area contributed by atoms with E-state index < -0.39 is 29.4 Å². The van der Waals surface area contributed by atoms with Crippen LogP contribution in [0.2, 0.25) is 0 Å². The average molecular weight is 397 g/mol. The summed E-state index contributed by atoms with van der Waals surface area (Å²) in [6.45, 7) is 0.0640. The number of ether oxygens (including phenoxy) is 2. The Morgan fingerprint density at radius 2 is 1.52 bits per heavy atom. The third-order valence-electron chi connectivity index (χ3n) is 5.08. The van der Waals surface area contributed by atoms with Crippen LogP contribution in [0.5, 0.6) is 11.5 Å². The first-order valence-corrected chi connectivity index (χ1v) is 9.29. The van der Waals surface area contributed by atoms with E-state index in [2.05, 4.69) is 0 Å². The highest BCUT2D eigenvalue weighted by atomic mass is 16.5. The lowest BCUT2D eigenvalue weighted by molar-refractivity contribution is -0.140. The number of Topliss-reactive ketones (excluding diaryl/α,β-unsaturated/α-hetero) is 2. The molecule has 0 spiro atoms. The molecular formula is C22H23NO6. The minimum atomic E-state index is -1.15. The lowest BCUT2D eigenvalue weighted by Crippen LogP contribution is -2.32. The summed E-state index contributed by atoms with van der Waals surface area (Å²) in [4.78, 5) is 40.1. The third kappa shape index (κ3) is 4.00. The minimum absolute atomic E-state index is 0.121. The Morgan fingerprint density at radius 3 is 2.03 bits per heavy atom. The van der Waals surface area contributed by atoms with Crippen LogP contribution >= 0.6 is 0 Å². The molecule has 152 valence electrons. The highest BCUT2D eigenvalue weighted by Gasteiger charge is 2.51. The van der Waals surface area contributed by atoms with Crippen molar-refractivity contribution in [3.63, 3.8) is 0 Å². The van der Waals surface area contributed by atoms with Crippen LogP contribution in [0.4, 0.5) is 0 Å². The van der Waals surface area contributed by atoms with Crippen molar-refractivity contribution >= 4 is 17.5 Å². The summed E-state index contributed by atoms with van der Waals surface area (Å²) in [5, 5.41) is 9.19. The molecule has 2 unspecified atom stereocenters. The van der Waals surface area contributed by atoms with Gasteiger partial charge in [0.2, 0.25) is 5.78 Å². The van der Waals surface area contributed by atoms with Crippen molar-refractivity contribution in [2.45, 2.75) is 12.5 Å². The number of nitrogens with zero attached hydrogens (tertiary/aromatic N) is 1. The number of hydrogen-bond acceptors (Lipinski definition) is 6. The number of likely N-dealkylation sites (tertiary alicyclic amines) is 1. The third-order valence-corrected chi connectivity index (χ3v) is 5.08. The molecule has 1 amide bonds. The fourth-order valence-electron chi connectivity index (χ4n) is 3.58. The number of rotatable bonds is 8. The number of aliphatic hydroxyl groups excluding tert-OH is 1. The van der Waals surface area contributed by atoms with Gasteiger partial charge in [-0.1, -0.05) is 12.1 Å². The van der Waals surface area contributed by atoms with Gasteiger partial charge in [0.25, 0.3) is 5.91 Å². The maximum absolute atomic E-state index is 13.2. The zero-order chi connectivity index (χ0) is 21.0. The number of carbonyl (C=O) groups is 3. The van der Waals surface area contributed by atoms with Gasteiger partial charge in [0.15, 0.2) is 5.78 Å². The molecule has 1 N–H and O–H groups in total. The first kappa shape index (κ1) is 20.5. The van der Waals surface area contributed by atoms with E-state index >= 15 is 0 Å². The summed E-state index contributed by atoms with van der Waals surface area (Å²) < 4.78 is 10.3. The van der Waals surface area contributed by atoms with E-state index in [1.807, 2.05) is 0 Å². The normalized spacial score (nSPS) is 18.8. The maximum atomic E-state index is 13.2. The Kier molecular flexibility index (Phi) is 6.29. The molecule has 1 aliphatic rings. The summed E-state index contributed by atoms with van der Waals surface area (Å²) in [6.07, 6.45) is 0.315. The molecule has 0 aromatic heterocycles. The van der Waals surface area contributed by atoms with Crippen molar-refractivity contribution < 1.29 is 29.0 Å². The second-order valence-electron chi connectivity index (χ2n) is 6.73. The molecule has 3 rings (SSSR count). The van der Waals surface area contributed by atoms with Crippen molar-refractivity contribution in [1.29, 1.82) is 0 Å². The van der Waals surface area contributed by atoms with Crippen molar-refractivity contribution in [1.82, 2.24) is 4.90 Å². The van der Waals surface area contributed by atoms with Gasteiger partial charge in [0.1, 0.15) is 17.4 Å². The number of benzene rings is 2. The van der Waals surface area contributed by atoms with Crippen LogP contribution in [0.3, 0.4) is 0 Å². The van der Waals surface area contributed by atoms with Crippen LogP contribution in [0.15, 0.2) is 48.5 Å². The molecule has 1 aliphatic heterocycles. The highest BCUT2D eigenvalue weighted by Crippen LogP contribution is 2.38. The van der Waals surface area contributed by atoms with Crippen LogP contribution in [0.1, 0.15) is 28.4 Å². The van der Waals surface area contributed by atoms with Gasteiger partial charge in [-0.15, -0.1) is 0 Å². The molecule has 7 heteroatoms. The van der Waals surface area contributed by atoms with Gasteiger partial charge in [-0.3, -0.25) is 14.4 Å². The number of carbonyl (C=O) groups excluding carboxylic acids is 3. The van der Waals surface area contributed by atoms with Gasteiger partial charge in [-0.2, -0.15) is 0 Å². The maximum Gasteiger partial charge on any atom is 0.291 e. The Morgan fingerprint density at radius 1 is 0.966 bits per heavy atom. The summed E-state index contributed by atoms with van der Waals surface area (Å²) in [7, 11) is 3.07. The van der Waals surface area contributed by atoms with E-state index in [4.69, 9.17) is 9.47 Å². The molecule has 2 atom stereocenters. The predicted octanol–water partition coefficient (Wildman–Crippen LogP) is 2.04. The summed E-state index contributed by atoms with van der Waals surface area (Å²) >= 11 is 0. The standard InChI is InChI=1S/C22H23NO6/c1-28-16-8-4-14(5-9-16)19-18(21(26)22(27)23(19)12-3-13-24)20(25)15-6-10-17(29-2)11-7-15/h4-11,18-19,24H,3,12-13H2,1-2H3. The zero-order valence-corrected chi connectivity index (χ0v) is 16.3.